The number of para-hydroxylation sites is 1. The Hall–Kier alpha value is -3.38. The number of hydrogen-bond donors (Lipinski definition) is 0. The molecule has 2 aromatic heterocycles. The van der Waals surface area contributed by atoms with Crippen LogP contribution in [0, 0.1) is 0 Å². The molecule has 0 unspecified atom stereocenters. The van der Waals surface area contributed by atoms with Gasteiger partial charge in [0.2, 0.25) is 0 Å². The monoisotopic (exact) mass is 459 g/mol. The molecule has 0 atom stereocenters. The van der Waals surface area contributed by atoms with E-state index in [4.69, 9.17) is 16.3 Å². The van der Waals surface area contributed by atoms with Gasteiger partial charge in [0.25, 0.3) is 0 Å². The molecule has 4 aromatic rings. The fourth-order valence-electron chi connectivity index (χ4n) is 4.56. The van der Waals surface area contributed by atoms with Crippen molar-refractivity contribution in [3.8, 4) is 5.75 Å². The number of methoxy groups -OCH3 is 1. The maximum Gasteiger partial charge on any atom is 0.134 e. The van der Waals surface area contributed by atoms with Crippen molar-refractivity contribution in [2.75, 3.05) is 12.0 Å². The van der Waals surface area contributed by atoms with E-state index in [1.165, 1.54) is 16.8 Å². The summed E-state index contributed by atoms with van der Waals surface area (Å²) in [7, 11) is 1.65. The first kappa shape index (κ1) is 21.5. The van der Waals surface area contributed by atoms with Crippen LogP contribution in [-0.2, 0) is 13.1 Å². The third-order valence-corrected chi connectivity index (χ3v) is 6.50. The van der Waals surface area contributed by atoms with Crippen molar-refractivity contribution in [3.05, 3.63) is 82.8 Å². The van der Waals surface area contributed by atoms with Gasteiger partial charge in [-0.1, -0.05) is 41.1 Å². The summed E-state index contributed by atoms with van der Waals surface area (Å²) in [4.78, 5) is 6.91. The average molecular weight is 460 g/mol. The summed E-state index contributed by atoms with van der Waals surface area (Å²) in [6.45, 7) is 7.78. The fraction of sp³-hybridized carbons (Fsp3) is 0.269. The molecule has 6 nitrogen and oxygen atoms in total. The highest BCUT2D eigenvalue weighted by molar-refractivity contribution is 6.30. The lowest BCUT2D eigenvalue weighted by atomic mass is 9.89. The number of pyridine rings is 1. The first-order chi connectivity index (χ1) is 15.8. The SMILES string of the molecule is COc1ccc2nc(Cl)c(Cn3cc(CN4c5ccccc5C(C)=CC4(C)C)nn3)cc2c1. The predicted molar refractivity (Wildman–Crippen MR) is 133 cm³/mol. The van der Waals surface area contributed by atoms with Crippen molar-refractivity contribution >= 4 is 33.8 Å². The zero-order valence-electron chi connectivity index (χ0n) is 19.2. The van der Waals surface area contributed by atoms with E-state index in [1.807, 2.05) is 35.1 Å². The minimum absolute atomic E-state index is 0.132. The van der Waals surface area contributed by atoms with E-state index in [0.717, 1.165) is 27.9 Å². The first-order valence-corrected chi connectivity index (χ1v) is 11.3. The number of nitrogens with zero attached hydrogens (tertiary/aromatic N) is 5. The van der Waals surface area contributed by atoms with Crippen molar-refractivity contribution in [2.24, 2.45) is 0 Å². The van der Waals surface area contributed by atoms with Crippen LogP contribution in [-0.4, -0.2) is 32.6 Å². The highest BCUT2D eigenvalue weighted by Gasteiger charge is 2.31. The number of ether oxygens (including phenoxy) is 1. The molecule has 0 fully saturated rings. The molecule has 0 N–H and O–H groups in total. The number of benzene rings is 2. The van der Waals surface area contributed by atoms with Gasteiger partial charge in [0.1, 0.15) is 16.6 Å². The zero-order valence-corrected chi connectivity index (χ0v) is 20.0. The highest BCUT2D eigenvalue weighted by atomic mass is 35.5. The Morgan fingerprint density at radius 1 is 1.06 bits per heavy atom. The quantitative estimate of drug-likeness (QED) is 0.356. The van der Waals surface area contributed by atoms with E-state index in [2.05, 4.69) is 71.3 Å². The second-order valence-electron chi connectivity index (χ2n) is 8.99. The molecule has 0 spiro atoms. The summed E-state index contributed by atoms with van der Waals surface area (Å²) in [5.41, 5.74) is 6.26. The fourth-order valence-corrected chi connectivity index (χ4v) is 4.77. The van der Waals surface area contributed by atoms with Crippen LogP contribution in [0.5, 0.6) is 5.75 Å². The Morgan fingerprint density at radius 3 is 2.70 bits per heavy atom. The Morgan fingerprint density at radius 2 is 1.88 bits per heavy atom. The molecule has 2 aromatic carbocycles. The van der Waals surface area contributed by atoms with Gasteiger partial charge in [0, 0.05) is 22.2 Å². The summed E-state index contributed by atoms with van der Waals surface area (Å²) in [5, 5.41) is 10.3. The largest absolute Gasteiger partial charge is 0.497 e. The highest BCUT2D eigenvalue weighted by Crippen LogP contribution is 2.39. The Labute approximate surface area is 198 Å². The number of hydrogen-bond acceptors (Lipinski definition) is 5. The van der Waals surface area contributed by atoms with Crippen molar-refractivity contribution in [1.29, 1.82) is 0 Å². The van der Waals surface area contributed by atoms with Crippen molar-refractivity contribution in [3.63, 3.8) is 0 Å². The first-order valence-electron chi connectivity index (χ1n) is 10.9. The maximum atomic E-state index is 6.48. The molecule has 0 aliphatic carbocycles. The van der Waals surface area contributed by atoms with Gasteiger partial charge in [0.15, 0.2) is 0 Å². The summed E-state index contributed by atoms with van der Waals surface area (Å²) in [5.74, 6) is 0.786. The van der Waals surface area contributed by atoms with Crippen LogP contribution in [0.1, 0.15) is 37.6 Å². The van der Waals surface area contributed by atoms with Gasteiger partial charge in [-0.25, -0.2) is 9.67 Å². The Kier molecular flexibility index (Phi) is 5.33. The summed E-state index contributed by atoms with van der Waals surface area (Å²) in [6.07, 6.45) is 4.30. The van der Waals surface area contributed by atoms with E-state index in [9.17, 15) is 0 Å². The van der Waals surface area contributed by atoms with Crippen LogP contribution in [0.2, 0.25) is 5.15 Å². The van der Waals surface area contributed by atoms with Crippen molar-refractivity contribution in [1.82, 2.24) is 20.0 Å². The van der Waals surface area contributed by atoms with Gasteiger partial charge >= 0.3 is 0 Å². The summed E-state index contributed by atoms with van der Waals surface area (Å²) < 4.78 is 7.15. The van der Waals surface area contributed by atoms with Crippen molar-refractivity contribution < 1.29 is 4.74 Å². The summed E-state index contributed by atoms with van der Waals surface area (Å²) >= 11 is 6.48. The molecule has 0 saturated carbocycles. The standard InChI is InChI=1S/C26H26ClN5O/c1-17-13-26(2,3)32(24-8-6-5-7-22(17)24)16-20-15-31(30-29-20)14-19-11-18-12-21(33-4)9-10-23(18)28-25(19)27/h5-13,15H,14,16H2,1-4H3. The lowest BCUT2D eigenvalue weighted by Crippen LogP contribution is -2.44. The number of anilines is 1. The van der Waals surface area contributed by atoms with E-state index in [-0.39, 0.29) is 5.54 Å². The lowest BCUT2D eigenvalue weighted by molar-refractivity contribution is 0.415. The van der Waals surface area contributed by atoms with Crippen molar-refractivity contribution in [2.45, 2.75) is 39.4 Å². The third-order valence-electron chi connectivity index (χ3n) is 6.17. The summed E-state index contributed by atoms with van der Waals surface area (Å²) in [6, 6.07) is 16.3. The lowest BCUT2D eigenvalue weighted by Gasteiger charge is -2.42. The van der Waals surface area contributed by atoms with Gasteiger partial charge in [-0.05, 0) is 56.7 Å². The molecule has 0 bridgehead atoms. The van der Waals surface area contributed by atoms with E-state index in [1.54, 1.807) is 7.11 Å². The molecule has 3 heterocycles. The van der Waals surface area contributed by atoms with Crippen LogP contribution < -0.4 is 9.64 Å². The van der Waals surface area contributed by atoms with Crippen LogP contribution in [0.25, 0.3) is 16.5 Å². The molecule has 0 radical (unpaired) electrons. The Bertz CT molecular complexity index is 1370. The topological polar surface area (TPSA) is 56.1 Å². The van der Waals surface area contributed by atoms with E-state index in [0.29, 0.717) is 18.2 Å². The average Bonchev–Trinajstić information content (AvgIpc) is 3.23. The number of allylic oxidation sites excluding steroid dienone is 1. The molecule has 1 aliphatic heterocycles. The second kappa shape index (κ2) is 8.19. The van der Waals surface area contributed by atoms with E-state index >= 15 is 0 Å². The molecule has 168 valence electrons. The smallest absolute Gasteiger partial charge is 0.134 e. The van der Waals surface area contributed by atoms with Gasteiger partial charge < -0.3 is 9.64 Å². The van der Waals surface area contributed by atoms with Crippen LogP contribution in [0.3, 0.4) is 0 Å². The zero-order chi connectivity index (χ0) is 23.2. The molecular formula is C26H26ClN5O. The third kappa shape index (κ3) is 4.07. The van der Waals surface area contributed by atoms with Gasteiger partial charge in [0.05, 0.1) is 37.5 Å². The molecule has 33 heavy (non-hydrogen) atoms. The molecule has 7 heteroatoms. The number of aromatic nitrogens is 4. The van der Waals surface area contributed by atoms with E-state index < -0.39 is 0 Å². The predicted octanol–water partition coefficient (Wildman–Crippen LogP) is 5.74. The number of halogens is 1. The van der Waals surface area contributed by atoms with Crippen LogP contribution in [0.4, 0.5) is 5.69 Å². The van der Waals surface area contributed by atoms with Gasteiger partial charge in [-0.15, -0.1) is 5.10 Å². The molecule has 5 rings (SSSR count). The molecule has 0 amide bonds. The minimum Gasteiger partial charge on any atom is -0.497 e. The van der Waals surface area contributed by atoms with Crippen LogP contribution in [0.15, 0.2) is 60.8 Å². The molecule has 1 aliphatic rings. The number of rotatable bonds is 5. The van der Waals surface area contributed by atoms with Gasteiger partial charge in [-0.3, -0.25) is 0 Å². The minimum atomic E-state index is -0.132. The maximum absolute atomic E-state index is 6.48. The van der Waals surface area contributed by atoms with Gasteiger partial charge in [-0.2, -0.15) is 0 Å². The second-order valence-corrected chi connectivity index (χ2v) is 9.35. The Balaban J connectivity index is 1.41. The normalized spacial score (nSPS) is 14.8. The number of fused-ring (bicyclic) bond motifs is 2. The molecule has 0 saturated heterocycles. The molecular weight excluding hydrogens is 434 g/mol. The van der Waals surface area contributed by atoms with Crippen LogP contribution >= 0.6 is 11.6 Å².